The second kappa shape index (κ2) is 4.13. The van der Waals surface area contributed by atoms with Gasteiger partial charge in [-0.05, 0) is 47.0 Å². The molecule has 1 N–H and O–H groups in total. The number of aromatic carboxylic acids is 1. The average Bonchev–Trinajstić information content (AvgIpc) is 2.03. The van der Waals surface area contributed by atoms with E-state index in [4.69, 9.17) is 5.11 Å². The van der Waals surface area contributed by atoms with Crippen LogP contribution in [-0.2, 0) is 0 Å². The quantitative estimate of drug-likeness (QED) is 0.673. The molecule has 0 bridgehead atoms. The maximum Gasteiger partial charge on any atom is 0.335 e. The van der Waals surface area contributed by atoms with Gasteiger partial charge in [0.2, 0.25) is 0 Å². The Morgan fingerprint density at radius 3 is 2.67 bits per heavy atom. The average molecular weight is 294 g/mol. The minimum Gasteiger partial charge on any atom is -0.478 e. The normalized spacial score (nSPS) is 9.83. The molecule has 0 atom stereocenters. The van der Waals surface area contributed by atoms with E-state index in [0.29, 0.717) is 5.56 Å². The molecule has 0 saturated carbocycles. The molecule has 1 aromatic rings. The van der Waals surface area contributed by atoms with E-state index in [0.717, 1.165) is 8.47 Å². The number of carboxylic acid groups (broad SMARTS) is 1. The minimum absolute atomic E-state index is 0.353. The molecule has 0 heterocycles. The van der Waals surface area contributed by atoms with Gasteiger partial charge in [0.05, 0.1) is 5.56 Å². The molecular weight excluding hydrogens is 287 g/mol. The van der Waals surface area contributed by atoms with Crippen LogP contribution in [0, 0.1) is 3.57 Å². The van der Waals surface area contributed by atoms with Crippen molar-refractivity contribution in [2.75, 3.05) is 6.26 Å². The molecule has 0 radical (unpaired) electrons. The summed E-state index contributed by atoms with van der Waals surface area (Å²) >= 11 is 3.66. The van der Waals surface area contributed by atoms with E-state index in [1.807, 2.05) is 12.3 Å². The summed E-state index contributed by atoms with van der Waals surface area (Å²) in [4.78, 5) is 11.6. The third-order valence-electron chi connectivity index (χ3n) is 1.35. The Morgan fingerprint density at radius 1 is 1.50 bits per heavy atom. The Kier molecular flexibility index (Phi) is 3.39. The van der Waals surface area contributed by atoms with Gasteiger partial charge in [-0.1, -0.05) is 0 Å². The van der Waals surface area contributed by atoms with Gasteiger partial charge in [0.1, 0.15) is 0 Å². The number of thioether (sulfide) groups is 1. The predicted octanol–water partition coefficient (Wildman–Crippen LogP) is 2.71. The van der Waals surface area contributed by atoms with Crippen LogP contribution in [0.15, 0.2) is 23.1 Å². The first kappa shape index (κ1) is 9.85. The lowest BCUT2D eigenvalue weighted by atomic mass is 10.2. The summed E-state index contributed by atoms with van der Waals surface area (Å²) in [5, 5.41) is 8.72. The van der Waals surface area contributed by atoms with Crippen LogP contribution in [0.4, 0.5) is 0 Å². The monoisotopic (exact) mass is 294 g/mol. The minimum atomic E-state index is -0.871. The molecule has 0 fully saturated rings. The van der Waals surface area contributed by atoms with Crippen molar-refractivity contribution >= 4 is 40.3 Å². The Labute approximate surface area is 88.5 Å². The van der Waals surface area contributed by atoms with Crippen LogP contribution in [0.3, 0.4) is 0 Å². The molecule has 0 unspecified atom stereocenters. The van der Waals surface area contributed by atoms with Gasteiger partial charge in [0, 0.05) is 8.47 Å². The van der Waals surface area contributed by atoms with E-state index in [9.17, 15) is 4.79 Å². The lowest BCUT2D eigenvalue weighted by Crippen LogP contribution is -1.96. The van der Waals surface area contributed by atoms with Gasteiger partial charge in [-0.3, -0.25) is 0 Å². The van der Waals surface area contributed by atoms with Crippen molar-refractivity contribution in [3.8, 4) is 0 Å². The summed E-state index contributed by atoms with van der Waals surface area (Å²) in [5.41, 5.74) is 0.353. The molecule has 0 aliphatic rings. The van der Waals surface area contributed by atoms with E-state index in [2.05, 4.69) is 22.6 Å². The lowest BCUT2D eigenvalue weighted by molar-refractivity contribution is 0.0696. The van der Waals surface area contributed by atoms with Gasteiger partial charge in [0.15, 0.2) is 0 Å². The fourth-order valence-corrected chi connectivity index (χ4v) is 2.18. The Balaban J connectivity index is 3.15. The second-order valence-electron chi connectivity index (χ2n) is 2.18. The highest BCUT2D eigenvalue weighted by atomic mass is 127. The van der Waals surface area contributed by atoms with Gasteiger partial charge in [-0.25, -0.2) is 4.79 Å². The van der Waals surface area contributed by atoms with Gasteiger partial charge in [0.25, 0.3) is 0 Å². The van der Waals surface area contributed by atoms with E-state index in [1.54, 1.807) is 23.9 Å². The molecule has 1 rings (SSSR count). The molecule has 1 aromatic carbocycles. The third kappa shape index (κ3) is 2.38. The summed E-state index contributed by atoms with van der Waals surface area (Å²) in [6.07, 6.45) is 1.93. The van der Waals surface area contributed by atoms with E-state index >= 15 is 0 Å². The first-order valence-electron chi connectivity index (χ1n) is 3.21. The van der Waals surface area contributed by atoms with Gasteiger partial charge < -0.3 is 5.11 Å². The molecule has 12 heavy (non-hydrogen) atoms. The number of hydrogen-bond donors (Lipinski definition) is 1. The van der Waals surface area contributed by atoms with Crippen LogP contribution in [-0.4, -0.2) is 17.3 Å². The third-order valence-corrected chi connectivity index (χ3v) is 2.68. The summed E-state index contributed by atoms with van der Waals surface area (Å²) < 4.78 is 0.955. The highest BCUT2D eigenvalue weighted by Gasteiger charge is 2.04. The smallest absolute Gasteiger partial charge is 0.335 e. The number of halogens is 1. The predicted molar refractivity (Wildman–Crippen MR) is 57.9 cm³/mol. The molecule has 0 aromatic heterocycles. The van der Waals surface area contributed by atoms with Crippen molar-refractivity contribution in [3.05, 3.63) is 27.3 Å². The Morgan fingerprint density at radius 2 is 2.17 bits per heavy atom. The standard InChI is InChI=1S/C8H7IO2S/c1-12-7-3-5(8(10)11)2-6(9)4-7/h2-4H,1H3,(H,10,11). The fourth-order valence-electron chi connectivity index (χ4n) is 0.804. The van der Waals surface area contributed by atoms with Crippen LogP contribution in [0.1, 0.15) is 10.4 Å². The molecule has 0 amide bonds. The summed E-state index contributed by atoms with van der Waals surface area (Å²) in [6.45, 7) is 0. The summed E-state index contributed by atoms with van der Waals surface area (Å²) in [6, 6.07) is 5.29. The SMILES string of the molecule is CSc1cc(I)cc(C(=O)O)c1. The van der Waals surface area contributed by atoms with Gasteiger partial charge >= 0.3 is 5.97 Å². The number of rotatable bonds is 2. The van der Waals surface area contributed by atoms with Crippen molar-refractivity contribution in [2.24, 2.45) is 0 Å². The Bertz CT molecular complexity index is 312. The van der Waals surface area contributed by atoms with Crippen LogP contribution < -0.4 is 0 Å². The topological polar surface area (TPSA) is 37.3 Å². The molecule has 64 valence electrons. The van der Waals surface area contributed by atoms with Crippen LogP contribution in [0.5, 0.6) is 0 Å². The number of benzene rings is 1. The molecule has 0 aliphatic carbocycles. The number of carboxylic acids is 1. The van der Waals surface area contributed by atoms with Gasteiger partial charge in [-0.15, -0.1) is 11.8 Å². The molecule has 0 aliphatic heterocycles. The van der Waals surface area contributed by atoms with Crippen LogP contribution in [0.2, 0.25) is 0 Å². The highest BCUT2D eigenvalue weighted by molar-refractivity contribution is 14.1. The largest absolute Gasteiger partial charge is 0.478 e. The van der Waals surface area contributed by atoms with E-state index in [1.165, 1.54) is 0 Å². The lowest BCUT2D eigenvalue weighted by Gasteiger charge is -1.99. The Hall–Kier alpha value is -0.230. The van der Waals surface area contributed by atoms with Crippen molar-refractivity contribution in [3.63, 3.8) is 0 Å². The van der Waals surface area contributed by atoms with E-state index < -0.39 is 5.97 Å². The van der Waals surface area contributed by atoms with Crippen LogP contribution >= 0.6 is 34.4 Å². The zero-order chi connectivity index (χ0) is 9.14. The molecule has 0 spiro atoms. The maximum absolute atomic E-state index is 10.6. The zero-order valence-electron chi connectivity index (χ0n) is 6.37. The second-order valence-corrected chi connectivity index (χ2v) is 4.31. The zero-order valence-corrected chi connectivity index (χ0v) is 9.35. The van der Waals surface area contributed by atoms with E-state index in [-0.39, 0.29) is 0 Å². The summed E-state index contributed by atoms with van der Waals surface area (Å²) in [7, 11) is 0. The molecule has 4 heteroatoms. The number of hydrogen-bond acceptors (Lipinski definition) is 2. The van der Waals surface area contributed by atoms with Crippen molar-refractivity contribution in [1.29, 1.82) is 0 Å². The highest BCUT2D eigenvalue weighted by Crippen LogP contribution is 2.20. The molecule has 0 saturated heterocycles. The molecule has 2 nitrogen and oxygen atoms in total. The molecular formula is C8H7IO2S. The maximum atomic E-state index is 10.6. The first-order chi connectivity index (χ1) is 5.63. The van der Waals surface area contributed by atoms with Gasteiger partial charge in [-0.2, -0.15) is 0 Å². The first-order valence-corrected chi connectivity index (χ1v) is 5.51. The van der Waals surface area contributed by atoms with Crippen molar-refractivity contribution in [2.45, 2.75) is 4.90 Å². The number of carbonyl (C=O) groups is 1. The fraction of sp³-hybridized carbons (Fsp3) is 0.125. The van der Waals surface area contributed by atoms with Crippen LogP contribution in [0.25, 0.3) is 0 Å². The van der Waals surface area contributed by atoms with Crippen molar-refractivity contribution in [1.82, 2.24) is 0 Å². The summed E-state index contributed by atoms with van der Waals surface area (Å²) in [5.74, 6) is -0.871. The van der Waals surface area contributed by atoms with Crippen molar-refractivity contribution < 1.29 is 9.90 Å².